The smallest absolute Gasteiger partial charge is 0.338 e. The molecule has 5 heteroatoms. The standard InChI is InChI=1S/C17H16FNO3/c1-11-3-8-15(12(2)9-11)17(21)22-10-16(20)19-14-6-4-13(18)5-7-14/h3-9H,10H2,1-2H3,(H,19,20). The van der Waals surface area contributed by atoms with E-state index < -0.39 is 18.5 Å². The van der Waals surface area contributed by atoms with E-state index in [1.54, 1.807) is 6.07 Å². The van der Waals surface area contributed by atoms with E-state index in [-0.39, 0.29) is 5.82 Å². The Morgan fingerprint density at radius 1 is 1.09 bits per heavy atom. The summed E-state index contributed by atoms with van der Waals surface area (Å²) in [5.41, 5.74) is 2.71. The molecule has 0 fully saturated rings. The van der Waals surface area contributed by atoms with E-state index >= 15 is 0 Å². The highest BCUT2D eigenvalue weighted by molar-refractivity contribution is 5.96. The summed E-state index contributed by atoms with van der Waals surface area (Å²) in [5, 5.41) is 2.52. The molecule has 0 heterocycles. The van der Waals surface area contributed by atoms with Gasteiger partial charge in [0, 0.05) is 5.69 Å². The van der Waals surface area contributed by atoms with Crippen LogP contribution < -0.4 is 5.32 Å². The third kappa shape index (κ3) is 4.15. The fourth-order valence-electron chi connectivity index (χ4n) is 1.98. The lowest BCUT2D eigenvalue weighted by Gasteiger charge is -2.08. The van der Waals surface area contributed by atoms with Crippen LogP contribution in [0.2, 0.25) is 0 Å². The quantitative estimate of drug-likeness (QED) is 0.882. The fourth-order valence-corrected chi connectivity index (χ4v) is 1.98. The van der Waals surface area contributed by atoms with E-state index in [1.165, 1.54) is 24.3 Å². The van der Waals surface area contributed by atoms with Crippen LogP contribution in [0.25, 0.3) is 0 Å². The van der Waals surface area contributed by atoms with Crippen LogP contribution in [0, 0.1) is 19.7 Å². The van der Waals surface area contributed by atoms with E-state index in [4.69, 9.17) is 4.74 Å². The minimum atomic E-state index is -0.549. The second kappa shape index (κ2) is 6.85. The zero-order chi connectivity index (χ0) is 16.1. The van der Waals surface area contributed by atoms with E-state index in [0.717, 1.165) is 11.1 Å². The Balaban J connectivity index is 1.90. The number of anilines is 1. The first-order valence-corrected chi connectivity index (χ1v) is 6.75. The zero-order valence-electron chi connectivity index (χ0n) is 12.4. The zero-order valence-corrected chi connectivity index (χ0v) is 12.4. The summed E-state index contributed by atoms with van der Waals surface area (Å²) in [4.78, 5) is 23.6. The molecule has 0 aromatic heterocycles. The van der Waals surface area contributed by atoms with Crippen LogP contribution >= 0.6 is 0 Å². The Hall–Kier alpha value is -2.69. The van der Waals surface area contributed by atoms with Crippen LogP contribution in [0.15, 0.2) is 42.5 Å². The molecular formula is C17H16FNO3. The monoisotopic (exact) mass is 301 g/mol. The van der Waals surface area contributed by atoms with E-state index in [9.17, 15) is 14.0 Å². The van der Waals surface area contributed by atoms with Crippen molar-refractivity contribution in [3.8, 4) is 0 Å². The Morgan fingerprint density at radius 3 is 2.41 bits per heavy atom. The van der Waals surface area contributed by atoms with Gasteiger partial charge in [0.15, 0.2) is 6.61 Å². The third-order valence-electron chi connectivity index (χ3n) is 3.06. The van der Waals surface area contributed by atoms with Gasteiger partial charge in [-0.2, -0.15) is 0 Å². The number of amides is 1. The third-order valence-corrected chi connectivity index (χ3v) is 3.06. The van der Waals surface area contributed by atoms with Crippen LogP contribution in [0.4, 0.5) is 10.1 Å². The van der Waals surface area contributed by atoms with Gasteiger partial charge in [0.2, 0.25) is 0 Å². The van der Waals surface area contributed by atoms with Crippen LogP contribution in [0.1, 0.15) is 21.5 Å². The van der Waals surface area contributed by atoms with Gasteiger partial charge < -0.3 is 10.1 Å². The molecule has 0 unspecified atom stereocenters. The summed E-state index contributed by atoms with van der Waals surface area (Å²) in [6.07, 6.45) is 0. The lowest BCUT2D eigenvalue weighted by molar-refractivity contribution is -0.119. The first-order valence-electron chi connectivity index (χ1n) is 6.75. The number of benzene rings is 2. The van der Waals surface area contributed by atoms with E-state index in [1.807, 2.05) is 26.0 Å². The number of halogens is 1. The highest BCUT2D eigenvalue weighted by Crippen LogP contribution is 2.12. The molecule has 0 aliphatic carbocycles. The highest BCUT2D eigenvalue weighted by Gasteiger charge is 2.12. The number of hydrogen-bond acceptors (Lipinski definition) is 3. The van der Waals surface area contributed by atoms with Gasteiger partial charge in [-0.3, -0.25) is 4.79 Å². The number of carbonyl (C=O) groups is 2. The lowest BCUT2D eigenvalue weighted by atomic mass is 10.1. The van der Waals surface area contributed by atoms with Gasteiger partial charge in [0.25, 0.3) is 5.91 Å². The molecule has 0 saturated carbocycles. The van der Waals surface area contributed by atoms with Crippen molar-refractivity contribution in [2.24, 2.45) is 0 Å². The van der Waals surface area contributed by atoms with Crippen molar-refractivity contribution in [1.82, 2.24) is 0 Å². The summed E-state index contributed by atoms with van der Waals surface area (Å²) in [7, 11) is 0. The summed E-state index contributed by atoms with van der Waals surface area (Å²) in [5.74, 6) is -1.42. The molecule has 2 aromatic carbocycles. The molecule has 114 valence electrons. The Bertz CT molecular complexity index is 696. The molecule has 2 aromatic rings. The van der Waals surface area contributed by atoms with Gasteiger partial charge in [0.1, 0.15) is 5.82 Å². The van der Waals surface area contributed by atoms with Crippen molar-refractivity contribution in [2.45, 2.75) is 13.8 Å². The van der Waals surface area contributed by atoms with Crippen LogP contribution in [0.5, 0.6) is 0 Å². The largest absolute Gasteiger partial charge is 0.452 e. The van der Waals surface area contributed by atoms with Gasteiger partial charge in [-0.1, -0.05) is 17.7 Å². The molecule has 0 spiro atoms. The number of aryl methyl sites for hydroxylation is 2. The summed E-state index contributed by atoms with van der Waals surface area (Å²) in [6.45, 7) is 3.34. The molecule has 0 atom stereocenters. The number of ether oxygens (including phenoxy) is 1. The van der Waals surface area contributed by atoms with Crippen molar-refractivity contribution in [1.29, 1.82) is 0 Å². The van der Waals surface area contributed by atoms with E-state index in [0.29, 0.717) is 11.3 Å². The average molecular weight is 301 g/mol. The van der Waals surface area contributed by atoms with Crippen LogP contribution in [-0.2, 0) is 9.53 Å². The lowest BCUT2D eigenvalue weighted by Crippen LogP contribution is -2.21. The maximum atomic E-state index is 12.7. The highest BCUT2D eigenvalue weighted by atomic mass is 19.1. The number of hydrogen-bond donors (Lipinski definition) is 1. The van der Waals surface area contributed by atoms with Crippen LogP contribution in [0.3, 0.4) is 0 Å². The molecular weight excluding hydrogens is 285 g/mol. The molecule has 2 rings (SSSR count). The van der Waals surface area contributed by atoms with Crippen molar-refractivity contribution in [3.05, 3.63) is 65.0 Å². The number of nitrogens with one attached hydrogen (secondary N) is 1. The minimum Gasteiger partial charge on any atom is -0.452 e. The topological polar surface area (TPSA) is 55.4 Å². The maximum absolute atomic E-state index is 12.7. The molecule has 1 amide bonds. The summed E-state index contributed by atoms with van der Waals surface area (Å²) < 4.78 is 17.7. The molecule has 0 radical (unpaired) electrons. The number of esters is 1. The normalized spacial score (nSPS) is 10.1. The second-order valence-electron chi connectivity index (χ2n) is 4.95. The SMILES string of the molecule is Cc1ccc(C(=O)OCC(=O)Nc2ccc(F)cc2)c(C)c1. The van der Waals surface area contributed by atoms with Gasteiger partial charge in [-0.25, -0.2) is 9.18 Å². The van der Waals surface area contributed by atoms with Gasteiger partial charge >= 0.3 is 5.97 Å². The molecule has 22 heavy (non-hydrogen) atoms. The summed E-state index contributed by atoms with van der Waals surface area (Å²) >= 11 is 0. The number of rotatable bonds is 4. The summed E-state index contributed by atoms with van der Waals surface area (Å²) in [6, 6.07) is 10.7. The fraction of sp³-hybridized carbons (Fsp3) is 0.176. The number of carbonyl (C=O) groups excluding carboxylic acids is 2. The Kier molecular flexibility index (Phi) is 4.88. The predicted octanol–water partition coefficient (Wildman–Crippen LogP) is 3.24. The minimum absolute atomic E-state index is 0.390. The molecule has 0 saturated heterocycles. The second-order valence-corrected chi connectivity index (χ2v) is 4.95. The maximum Gasteiger partial charge on any atom is 0.338 e. The van der Waals surface area contributed by atoms with Crippen molar-refractivity contribution in [3.63, 3.8) is 0 Å². The van der Waals surface area contributed by atoms with E-state index in [2.05, 4.69) is 5.32 Å². The molecule has 1 N–H and O–H groups in total. The molecule has 0 aliphatic rings. The molecule has 0 bridgehead atoms. The predicted molar refractivity (Wildman–Crippen MR) is 81.2 cm³/mol. The van der Waals surface area contributed by atoms with Crippen molar-refractivity contribution < 1.29 is 18.7 Å². The first kappa shape index (κ1) is 15.7. The van der Waals surface area contributed by atoms with Gasteiger partial charge in [-0.15, -0.1) is 0 Å². The van der Waals surface area contributed by atoms with Crippen molar-refractivity contribution >= 4 is 17.6 Å². The average Bonchev–Trinajstić information content (AvgIpc) is 2.47. The van der Waals surface area contributed by atoms with Crippen molar-refractivity contribution in [2.75, 3.05) is 11.9 Å². The van der Waals surface area contributed by atoms with Gasteiger partial charge in [-0.05, 0) is 49.7 Å². The Labute approximate surface area is 127 Å². The molecule has 0 aliphatic heterocycles. The Morgan fingerprint density at radius 2 is 1.77 bits per heavy atom. The molecule has 4 nitrogen and oxygen atoms in total. The van der Waals surface area contributed by atoms with Crippen LogP contribution in [-0.4, -0.2) is 18.5 Å². The van der Waals surface area contributed by atoms with Gasteiger partial charge in [0.05, 0.1) is 5.56 Å². The first-order chi connectivity index (χ1) is 10.5.